The number of aliphatic hydroxyl groups is 1. The lowest BCUT2D eigenvalue weighted by molar-refractivity contribution is -0.122. The van der Waals surface area contributed by atoms with Gasteiger partial charge in [0.25, 0.3) is 11.8 Å². The number of hydrogen-bond acceptors (Lipinski definition) is 4. The number of aryl methyl sites for hydroxylation is 1. The zero-order valence-electron chi connectivity index (χ0n) is 20.1. The second kappa shape index (κ2) is 9.44. The van der Waals surface area contributed by atoms with Gasteiger partial charge in [-0.15, -0.1) is 0 Å². The Morgan fingerprint density at radius 2 is 1.68 bits per heavy atom. The van der Waals surface area contributed by atoms with E-state index >= 15 is 0 Å². The fourth-order valence-electron chi connectivity index (χ4n) is 4.94. The molecule has 0 aliphatic carbocycles. The summed E-state index contributed by atoms with van der Waals surface area (Å²) >= 11 is 0. The van der Waals surface area contributed by atoms with Crippen molar-refractivity contribution in [2.45, 2.75) is 19.6 Å². The van der Waals surface area contributed by atoms with E-state index in [-0.39, 0.29) is 6.61 Å². The van der Waals surface area contributed by atoms with Crippen LogP contribution < -0.4 is 10.1 Å². The molecular formula is C30H25N3O4. The molecule has 1 aliphatic rings. The number of imide groups is 1. The van der Waals surface area contributed by atoms with Crippen LogP contribution >= 0.6 is 0 Å². The number of carbonyl (C=O) groups is 2. The molecule has 5 aromatic rings. The molecule has 0 atom stereocenters. The van der Waals surface area contributed by atoms with Crippen LogP contribution in [-0.4, -0.2) is 32.7 Å². The Bertz CT molecular complexity index is 1680. The summed E-state index contributed by atoms with van der Waals surface area (Å²) in [5.74, 6) is -0.209. The lowest BCUT2D eigenvalue weighted by Gasteiger charge is -2.09. The third-order valence-electron chi connectivity index (χ3n) is 6.67. The lowest BCUT2D eigenvalue weighted by atomic mass is 10.0. The highest BCUT2D eigenvalue weighted by atomic mass is 16.5. The van der Waals surface area contributed by atoms with E-state index in [1.165, 1.54) is 0 Å². The number of ether oxygens (including phenoxy) is 1. The van der Waals surface area contributed by atoms with Crippen LogP contribution in [0, 0.1) is 0 Å². The van der Waals surface area contributed by atoms with Gasteiger partial charge in [0.05, 0.1) is 11.1 Å². The van der Waals surface area contributed by atoms with Crippen LogP contribution in [-0.2, 0) is 22.7 Å². The summed E-state index contributed by atoms with van der Waals surface area (Å²) in [6.07, 6.45) is 4.27. The van der Waals surface area contributed by atoms with Crippen molar-refractivity contribution in [3.05, 3.63) is 102 Å². The van der Waals surface area contributed by atoms with Crippen molar-refractivity contribution in [1.29, 1.82) is 0 Å². The van der Waals surface area contributed by atoms with E-state index in [2.05, 4.69) is 5.32 Å². The number of benzene rings is 3. The Morgan fingerprint density at radius 3 is 2.51 bits per heavy atom. The molecule has 0 radical (unpaired) electrons. The summed E-state index contributed by atoms with van der Waals surface area (Å²) in [5, 5.41) is 13.7. The largest absolute Gasteiger partial charge is 0.489 e. The normalized spacial score (nSPS) is 13.6. The van der Waals surface area contributed by atoms with Crippen molar-refractivity contribution in [2.75, 3.05) is 6.61 Å². The summed E-state index contributed by atoms with van der Waals surface area (Å²) in [4.78, 5) is 26.3. The highest BCUT2D eigenvalue weighted by Crippen LogP contribution is 2.37. The number of nitrogens with one attached hydrogen (secondary N) is 1. The molecule has 0 bridgehead atoms. The number of hydrogen-bond donors (Lipinski definition) is 2. The topological polar surface area (TPSA) is 85.5 Å². The van der Waals surface area contributed by atoms with Gasteiger partial charge in [-0.3, -0.25) is 14.9 Å². The molecule has 0 saturated carbocycles. The van der Waals surface area contributed by atoms with E-state index in [0.29, 0.717) is 42.2 Å². The fourth-order valence-corrected chi connectivity index (χ4v) is 4.94. The summed E-state index contributed by atoms with van der Waals surface area (Å²) < 4.78 is 9.86. The molecule has 7 nitrogen and oxygen atoms in total. The van der Waals surface area contributed by atoms with E-state index in [1.807, 2.05) is 95.8 Å². The summed E-state index contributed by atoms with van der Waals surface area (Å²) in [7, 11) is 0. The molecule has 0 unspecified atom stereocenters. The van der Waals surface area contributed by atoms with Crippen molar-refractivity contribution in [3.63, 3.8) is 0 Å². The lowest BCUT2D eigenvalue weighted by Crippen LogP contribution is -2.23. The molecule has 2 amide bonds. The first kappa shape index (κ1) is 22.8. The quantitative estimate of drug-likeness (QED) is 0.311. The second-order valence-electron chi connectivity index (χ2n) is 9.02. The highest BCUT2D eigenvalue weighted by Gasteiger charge is 2.34. The minimum atomic E-state index is -0.436. The summed E-state index contributed by atoms with van der Waals surface area (Å²) in [6.45, 7) is 1.03. The van der Waals surface area contributed by atoms with Crippen LogP contribution in [0.4, 0.5) is 0 Å². The maximum Gasteiger partial charge on any atom is 0.275 e. The maximum absolute atomic E-state index is 13.2. The molecule has 1 aliphatic heterocycles. The van der Waals surface area contributed by atoms with Gasteiger partial charge in [0, 0.05) is 42.0 Å². The number of amides is 2. The van der Waals surface area contributed by atoms with E-state index in [0.717, 1.165) is 27.4 Å². The molecule has 3 aromatic carbocycles. The maximum atomic E-state index is 13.2. The predicted molar refractivity (Wildman–Crippen MR) is 143 cm³/mol. The Morgan fingerprint density at radius 1 is 0.865 bits per heavy atom. The molecule has 37 heavy (non-hydrogen) atoms. The minimum absolute atomic E-state index is 0.0511. The summed E-state index contributed by atoms with van der Waals surface area (Å²) in [5.41, 5.74) is 4.05. The summed E-state index contributed by atoms with van der Waals surface area (Å²) in [6, 6.07) is 25.3. The van der Waals surface area contributed by atoms with Crippen molar-refractivity contribution >= 4 is 44.9 Å². The van der Waals surface area contributed by atoms with Crippen LogP contribution in [0.3, 0.4) is 0 Å². The molecule has 0 saturated heterocycles. The number of fused-ring (bicyclic) bond motifs is 2. The molecular weight excluding hydrogens is 466 g/mol. The van der Waals surface area contributed by atoms with Gasteiger partial charge in [-0.05, 0) is 47.7 Å². The molecule has 6 rings (SSSR count). The van der Waals surface area contributed by atoms with Gasteiger partial charge in [-0.1, -0.05) is 48.5 Å². The number of aromatic nitrogens is 2. The fraction of sp³-hybridized carbons (Fsp3) is 0.133. The van der Waals surface area contributed by atoms with E-state index in [9.17, 15) is 14.7 Å². The second-order valence-corrected chi connectivity index (χ2v) is 9.02. The van der Waals surface area contributed by atoms with Crippen LogP contribution in [0.5, 0.6) is 5.75 Å². The highest BCUT2D eigenvalue weighted by molar-refractivity contribution is 6.47. The van der Waals surface area contributed by atoms with Crippen LogP contribution in [0.15, 0.2) is 91.3 Å². The number of para-hydroxylation sites is 1. The van der Waals surface area contributed by atoms with Crippen LogP contribution in [0.1, 0.15) is 17.5 Å². The van der Waals surface area contributed by atoms with Gasteiger partial charge in [0.2, 0.25) is 0 Å². The number of carbonyl (C=O) groups excluding carboxylic acids is 2. The Labute approximate surface area is 213 Å². The smallest absolute Gasteiger partial charge is 0.275 e. The standard InChI is InChI=1S/C30H25N3O4/c34-16-6-14-32-18-24(23-17-22(11-12-26(23)32)37-19-20-7-2-1-3-8-20)27-28(30(36)31-29(27)35)33-15-13-21-9-4-5-10-25(21)33/h1-5,7-13,15,17-18,34H,6,14,16,19H2,(H,31,35,36). The number of nitrogens with zero attached hydrogens (tertiary/aromatic N) is 2. The SMILES string of the molecule is O=C1NC(=O)C(n2ccc3ccccc32)=C1c1cn(CCCO)c2ccc(OCc3ccccc3)cc12. The van der Waals surface area contributed by atoms with Crippen LogP contribution in [0.2, 0.25) is 0 Å². The van der Waals surface area contributed by atoms with E-state index in [1.54, 1.807) is 4.57 Å². The van der Waals surface area contributed by atoms with Gasteiger partial charge < -0.3 is 19.0 Å². The molecule has 184 valence electrons. The molecule has 3 heterocycles. The average molecular weight is 492 g/mol. The van der Waals surface area contributed by atoms with Crippen molar-refractivity contribution in [1.82, 2.24) is 14.5 Å². The van der Waals surface area contributed by atoms with Gasteiger partial charge in [-0.2, -0.15) is 0 Å². The van der Waals surface area contributed by atoms with Gasteiger partial charge >= 0.3 is 0 Å². The van der Waals surface area contributed by atoms with E-state index < -0.39 is 11.8 Å². The third kappa shape index (κ3) is 4.09. The first-order valence-electron chi connectivity index (χ1n) is 12.2. The Kier molecular flexibility index (Phi) is 5.82. The first-order chi connectivity index (χ1) is 18.1. The monoisotopic (exact) mass is 491 g/mol. The van der Waals surface area contributed by atoms with Crippen molar-refractivity contribution < 1.29 is 19.4 Å². The number of aliphatic hydroxyl groups excluding tert-OH is 1. The molecule has 0 spiro atoms. The van der Waals surface area contributed by atoms with Gasteiger partial charge in [0.15, 0.2) is 0 Å². The van der Waals surface area contributed by atoms with Gasteiger partial charge in [-0.25, -0.2) is 0 Å². The zero-order chi connectivity index (χ0) is 25.4. The predicted octanol–water partition coefficient (Wildman–Crippen LogP) is 4.58. The third-order valence-corrected chi connectivity index (χ3v) is 6.67. The minimum Gasteiger partial charge on any atom is -0.489 e. The van der Waals surface area contributed by atoms with Crippen LogP contribution in [0.25, 0.3) is 33.1 Å². The van der Waals surface area contributed by atoms with Crippen molar-refractivity contribution in [3.8, 4) is 5.75 Å². The Balaban J connectivity index is 1.51. The number of rotatable bonds is 8. The van der Waals surface area contributed by atoms with Crippen molar-refractivity contribution in [2.24, 2.45) is 0 Å². The molecule has 0 fully saturated rings. The van der Waals surface area contributed by atoms with E-state index in [4.69, 9.17) is 4.74 Å². The first-order valence-corrected chi connectivity index (χ1v) is 12.2. The molecule has 7 heteroatoms. The molecule has 2 aromatic heterocycles. The Hall–Kier alpha value is -4.62. The molecule has 2 N–H and O–H groups in total. The zero-order valence-corrected chi connectivity index (χ0v) is 20.1. The average Bonchev–Trinajstić information content (AvgIpc) is 3.59. The van der Waals surface area contributed by atoms with Gasteiger partial charge in [0.1, 0.15) is 18.1 Å².